The van der Waals surface area contributed by atoms with Gasteiger partial charge >= 0.3 is 23.3 Å². The van der Waals surface area contributed by atoms with E-state index in [1.54, 1.807) is 6.92 Å². The van der Waals surface area contributed by atoms with Crippen LogP contribution in [0.1, 0.15) is 32.6 Å². The number of unbranched alkanes of at least 4 members (excludes halogenated alkanes) is 2. The van der Waals surface area contributed by atoms with Gasteiger partial charge in [0, 0.05) is 6.42 Å². The minimum atomic E-state index is -7.35. The van der Waals surface area contributed by atoms with E-state index in [9.17, 15) is 52.7 Å². The van der Waals surface area contributed by atoms with Gasteiger partial charge in [0.25, 0.3) is 10.0 Å². The molecule has 24 heavy (non-hydrogen) atoms. The average Bonchev–Trinajstić information content (AvgIpc) is 2.34. The van der Waals surface area contributed by atoms with Crippen LogP contribution in [-0.2, 0) is 14.8 Å². The number of carbonyl (C=O) groups excluding carboxylic acids is 1. The van der Waals surface area contributed by atoms with E-state index in [1.165, 1.54) is 0 Å². The molecule has 0 radical (unpaired) electrons. The summed E-state index contributed by atoms with van der Waals surface area (Å²) in [6.45, 7) is 1.62. The Kier molecular flexibility index (Phi) is 6.61. The summed E-state index contributed by atoms with van der Waals surface area (Å²) in [6, 6.07) is 0. The van der Waals surface area contributed by atoms with Crippen molar-refractivity contribution in [2.24, 2.45) is 0 Å². The number of hydrogen-bond acceptors (Lipinski definition) is 3. The second-order valence-electron chi connectivity index (χ2n) is 4.65. The summed E-state index contributed by atoms with van der Waals surface area (Å²) < 4.78 is 136. The topological polar surface area (TPSA) is 63.2 Å². The standard InChI is InChI=1S/C10H12F9NO3S/c1-2-3-4-5-6(21)20-24(22,23)8(13,10(17,18)19)7(11,12)9(14,15)16/h2-5H2,1H3,(H,20,21). The van der Waals surface area contributed by atoms with Gasteiger partial charge in [0.15, 0.2) is 0 Å². The lowest BCUT2D eigenvalue weighted by molar-refractivity contribution is -0.358. The molecule has 0 aromatic heterocycles. The Morgan fingerprint density at radius 3 is 1.67 bits per heavy atom. The number of amides is 1. The van der Waals surface area contributed by atoms with Gasteiger partial charge < -0.3 is 0 Å². The van der Waals surface area contributed by atoms with Crippen LogP contribution in [0.4, 0.5) is 39.5 Å². The Bertz CT molecular complexity index is 555. The molecule has 0 aliphatic carbocycles. The Morgan fingerprint density at radius 2 is 1.33 bits per heavy atom. The monoisotopic (exact) mass is 397 g/mol. The third-order valence-corrected chi connectivity index (χ3v) is 4.48. The Labute approximate surface area is 130 Å². The van der Waals surface area contributed by atoms with Crippen molar-refractivity contribution in [2.75, 3.05) is 0 Å². The molecule has 0 saturated heterocycles. The van der Waals surface area contributed by atoms with E-state index >= 15 is 0 Å². The predicted octanol–water partition coefficient (Wildman–Crippen LogP) is 3.44. The van der Waals surface area contributed by atoms with Crippen molar-refractivity contribution in [1.29, 1.82) is 0 Å². The number of rotatable bonds is 7. The first kappa shape index (κ1) is 22.8. The van der Waals surface area contributed by atoms with E-state index in [2.05, 4.69) is 0 Å². The van der Waals surface area contributed by atoms with E-state index in [0.29, 0.717) is 11.1 Å². The summed E-state index contributed by atoms with van der Waals surface area (Å²) in [7, 11) is -7.12. The second kappa shape index (κ2) is 6.96. The lowest BCUT2D eigenvalue weighted by Crippen LogP contribution is -2.68. The molecule has 1 amide bonds. The zero-order valence-corrected chi connectivity index (χ0v) is 12.7. The van der Waals surface area contributed by atoms with Crippen molar-refractivity contribution in [3.63, 3.8) is 0 Å². The average molecular weight is 397 g/mol. The molecule has 0 fully saturated rings. The third-order valence-electron chi connectivity index (χ3n) is 2.75. The fourth-order valence-corrected chi connectivity index (χ4v) is 2.79. The molecule has 0 saturated carbocycles. The van der Waals surface area contributed by atoms with Crippen molar-refractivity contribution in [3.05, 3.63) is 0 Å². The van der Waals surface area contributed by atoms with Crippen molar-refractivity contribution < 1.29 is 52.7 Å². The van der Waals surface area contributed by atoms with Crippen LogP contribution in [0.15, 0.2) is 0 Å². The molecule has 144 valence electrons. The zero-order chi connectivity index (χ0) is 19.6. The number of alkyl halides is 9. The maximum absolute atomic E-state index is 13.7. The van der Waals surface area contributed by atoms with Crippen molar-refractivity contribution in [1.82, 2.24) is 4.72 Å². The van der Waals surface area contributed by atoms with Crippen LogP contribution in [0.2, 0.25) is 0 Å². The van der Waals surface area contributed by atoms with Gasteiger partial charge in [-0.25, -0.2) is 17.5 Å². The maximum Gasteiger partial charge on any atom is 0.458 e. The van der Waals surface area contributed by atoms with Gasteiger partial charge in [0.1, 0.15) is 0 Å². The maximum atomic E-state index is 13.7. The van der Waals surface area contributed by atoms with Crippen LogP contribution in [0.5, 0.6) is 0 Å². The number of halogens is 9. The molecule has 0 heterocycles. The SMILES string of the molecule is CCCCCC(=O)NS(=O)(=O)C(F)(C(F)(F)F)C(F)(F)C(F)(F)F. The Morgan fingerprint density at radius 1 is 0.875 bits per heavy atom. The van der Waals surface area contributed by atoms with Crippen LogP contribution in [0.3, 0.4) is 0 Å². The van der Waals surface area contributed by atoms with Gasteiger partial charge in [-0.3, -0.25) is 4.79 Å². The van der Waals surface area contributed by atoms with Gasteiger partial charge in [-0.05, 0) is 6.42 Å². The molecule has 0 aromatic carbocycles. The van der Waals surface area contributed by atoms with Gasteiger partial charge in [-0.1, -0.05) is 19.8 Å². The van der Waals surface area contributed by atoms with Crippen LogP contribution in [0, 0.1) is 0 Å². The molecular weight excluding hydrogens is 385 g/mol. The molecule has 0 bridgehead atoms. The highest BCUT2D eigenvalue weighted by Crippen LogP contribution is 2.55. The fourth-order valence-electron chi connectivity index (χ4n) is 1.49. The van der Waals surface area contributed by atoms with Crippen molar-refractivity contribution >= 4 is 15.9 Å². The van der Waals surface area contributed by atoms with E-state index in [1.807, 2.05) is 0 Å². The molecule has 0 aromatic rings. The first-order valence-electron chi connectivity index (χ1n) is 6.21. The highest BCUT2D eigenvalue weighted by Gasteiger charge is 2.87. The molecular formula is C10H12F9NO3S. The molecule has 14 heteroatoms. The van der Waals surface area contributed by atoms with Crippen molar-refractivity contribution in [2.45, 2.75) is 55.9 Å². The van der Waals surface area contributed by atoms with Crippen LogP contribution in [0.25, 0.3) is 0 Å². The zero-order valence-electron chi connectivity index (χ0n) is 11.9. The summed E-state index contributed by atoms with van der Waals surface area (Å²) in [6.07, 6.45) is -14.5. The highest BCUT2D eigenvalue weighted by atomic mass is 32.2. The summed E-state index contributed by atoms with van der Waals surface area (Å²) in [5.74, 6) is -9.19. The summed E-state index contributed by atoms with van der Waals surface area (Å²) >= 11 is 0. The molecule has 4 nitrogen and oxygen atoms in total. The van der Waals surface area contributed by atoms with Crippen LogP contribution < -0.4 is 4.72 Å². The number of hydrogen-bond donors (Lipinski definition) is 1. The van der Waals surface area contributed by atoms with Gasteiger partial charge in [0.05, 0.1) is 0 Å². The molecule has 1 N–H and O–H groups in total. The number of sulfonamides is 1. The molecule has 0 aliphatic heterocycles. The summed E-state index contributed by atoms with van der Waals surface area (Å²) in [4.78, 5) is 11.1. The smallest absolute Gasteiger partial charge is 0.274 e. The van der Waals surface area contributed by atoms with Crippen molar-refractivity contribution in [3.8, 4) is 0 Å². The predicted molar refractivity (Wildman–Crippen MR) is 62.1 cm³/mol. The first-order chi connectivity index (χ1) is 10.5. The summed E-state index contributed by atoms with van der Waals surface area (Å²) in [5.41, 5.74) is 0. The van der Waals surface area contributed by atoms with E-state index in [-0.39, 0.29) is 12.8 Å². The quantitative estimate of drug-likeness (QED) is 0.529. The van der Waals surface area contributed by atoms with Gasteiger partial charge in [-0.15, -0.1) is 0 Å². The lowest BCUT2D eigenvalue weighted by Gasteiger charge is -2.34. The van der Waals surface area contributed by atoms with E-state index in [0.717, 1.165) is 0 Å². The first-order valence-corrected chi connectivity index (χ1v) is 7.69. The molecule has 0 aliphatic rings. The van der Waals surface area contributed by atoms with E-state index < -0.39 is 45.6 Å². The fraction of sp³-hybridized carbons (Fsp3) is 0.900. The molecule has 0 rings (SSSR count). The highest BCUT2D eigenvalue weighted by molar-refractivity contribution is 7.91. The normalized spacial score (nSPS) is 16.6. The number of nitrogens with one attached hydrogen (secondary N) is 1. The van der Waals surface area contributed by atoms with Crippen LogP contribution >= 0.6 is 0 Å². The second-order valence-corrected chi connectivity index (χ2v) is 6.42. The minimum Gasteiger partial charge on any atom is -0.274 e. The molecule has 1 atom stereocenters. The summed E-state index contributed by atoms with van der Waals surface area (Å²) in [5, 5.41) is -7.08. The minimum absolute atomic E-state index is 0.0984. The number of carbonyl (C=O) groups is 1. The van der Waals surface area contributed by atoms with Gasteiger partial charge in [-0.2, -0.15) is 35.1 Å². The third kappa shape index (κ3) is 4.06. The van der Waals surface area contributed by atoms with Gasteiger partial charge in [0.2, 0.25) is 5.91 Å². The van der Waals surface area contributed by atoms with Crippen LogP contribution in [-0.4, -0.2) is 37.6 Å². The molecule has 1 unspecified atom stereocenters. The Hall–Kier alpha value is -1.21. The Balaban J connectivity index is 5.91. The van der Waals surface area contributed by atoms with E-state index in [4.69, 9.17) is 0 Å². The molecule has 0 spiro atoms. The largest absolute Gasteiger partial charge is 0.458 e. The lowest BCUT2D eigenvalue weighted by atomic mass is 10.2.